The third kappa shape index (κ3) is 1.03. The van der Waals surface area contributed by atoms with Gasteiger partial charge in [-0.25, -0.2) is 0 Å². The first-order valence-electron chi connectivity index (χ1n) is 6.45. The molecule has 3 aliphatic carbocycles. The summed E-state index contributed by atoms with van der Waals surface area (Å²) in [5.74, 6) is 1.94. The van der Waals surface area contributed by atoms with Crippen molar-refractivity contribution in [3.8, 4) is 0 Å². The van der Waals surface area contributed by atoms with Gasteiger partial charge in [-0.1, -0.05) is 20.8 Å². The van der Waals surface area contributed by atoms with Gasteiger partial charge in [0.2, 0.25) is 0 Å². The van der Waals surface area contributed by atoms with E-state index in [4.69, 9.17) is 0 Å². The number of hydrogen-bond donors (Lipinski definition) is 0. The Hall–Kier alpha value is -0.660. The van der Waals surface area contributed by atoms with Crippen molar-refractivity contribution in [2.75, 3.05) is 0 Å². The summed E-state index contributed by atoms with van der Waals surface area (Å²) in [4.78, 5) is 24.3. The fraction of sp³-hybridized carbons (Fsp3) is 0.857. The Morgan fingerprint density at radius 2 is 1.81 bits per heavy atom. The van der Waals surface area contributed by atoms with Gasteiger partial charge in [-0.15, -0.1) is 0 Å². The summed E-state index contributed by atoms with van der Waals surface area (Å²) in [5, 5.41) is 0. The first-order valence-corrected chi connectivity index (χ1v) is 6.45. The molecular weight excluding hydrogens is 200 g/mol. The minimum absolute atomic E-state index is 0.0440. The Labute approximate surface area is 96.8 Å². The number of Topliss-reactive ketones (excluding diaryl/α,β-unsaturated/α-hetero) is 2. The van der Waals surface area contributed by atoms with Crippen molar-refractivity contribution < 1.29 is 9.59 Å². The van der Waals surface area contributed by atoms with E-state index in [0.29, 0.717) is 41.7 Å². The van der Waals surface area contributed by atoms with E-state index in [2.05, 4.69) is 13.8 Å². The van der Waals surface area contributed by atoms with Gasteiger partial charge in [0.25, 0.3) is 0 Å². The van der Waals surface area contributed by atoms with E-state index in [1.54, 1.807) is 0 Å². The first-order chi connectivity index (χ1) is 7.39. The van der Waals surface area contributed by atoms with Crippen LogP contribution in [0.5, 0.6) is 0 Å². The van der Waals surface area contributed by atoms with E-state index < -0.39 is 0 Å². The van der Waals surface area contributed by atoms with E-state index in [0.717, 1.165) is 12.8 Å². The Kier molecular flexibility index (Phi) is 1.82. The third-order valence-electron chi connectivity index (χ3n) is 5.74. The second-order valence-electron chi connectivity index (χ2n) is 6.78. The number of rotatable bonds is 0. The number of hydrogen-bond acceptors (Lipinski definition) is 2. The first kappa shape index (κ1) is 10.5. The van der Waals surface area contributed by atoms with E-state index in [1.165, 1.54) is 0 Å². The van der Waals surface area contributed by atoms with Crippen LogP contribution in [-0.4, -0.2) is 11.6 Å². The van der Waals surface area contributed by atoms with Gasteiger partial charge in [0, 0.05) is 24.2 Å². The molecule has 88 valence electrons. The molecule has 0 heterocycles. The number of carbonyl (C=O) groups excluding carboxylic acids is 2. The fourth-order valence-electron chi connectivity index (χ4n) is 4.55. The van der Waals surface area contributed by atoms with Crippen molar-refractivity contribution in [2.45, 2.75) is 46.5 Å². The summed E-state index contributed by atoms with van der Waals surface area (Å²) in [7, 11) is 0. The lowest BCUT2D eigenvalue weighted by molar-refractivity contribution is -0.148. The van der Waals surface area contributed by atoms with Crippen molar-refractivity contribution >= 4 is 11.6 Å². The van der Waals surface area contributed by atoms with E-state index in [1.807, 2.05) is 6.92 Å². The molecule has 3 aliphatic rings. The van der Waals surface area contributed by atoms with Crippen LogP contribution in [0.2, 0.25) is 0 Å². The third-order valence-corrected chi connectivity index (χ3v) is 5.74. The lowest BCUT2D eigenvalue weighted by Gasteiger charge is -2.42. The molecule has 0 bridgehead atoms. The average Bonchev–Trinajstić information content (AvgIpc) is 2.76. The van der Waals surface area contributed by atoms with Gasteiger partial charge < -0.3 is 0 Å². The standard InChI is InChI=1S/C14H20O2/c1-13(2)8-6-7-14(3)10(16)5-4-9(15)12(14)11(8)13/h8,11-12H,4-7H2,1-3H3. The van der Waals surface area contributed by atoms with Crippen LogP contribution in [0.4, 0.5) is 0 Å². The quantitative estimate of drug-likeness (QED) is 0.629. The van der Waals surface area contributed by atoms with E-state index in [-0.39, 0.29) is 11.3 Å². The summed E-state index contributed by atoms with van der Waals surface area (Å²) in [5.41, 5.74) is -0.0139. The Morgan fingerprint density at radius 1 is 1.12 bits per heavy atom. The Bertz CT molecular complexity index is 382. The average molecular weight is 220 g/mol. The van der Waals surface area contributed by atoms with E-state index >= 15 is 0 Å². The second kappa shape index (κ2) is 2.77. The molecular formula is C14H20O2. The van der Waals surface area contributed by atoms with Crippen LogP contribution in [0, 0.1) is 28.6 Å². The summed E-state index contributed by atoms with van der Waals surface area (Å²) in [6, 6.07) is 0. The minimum Gasteiger partial charge on any atom is -0.299 e. The predicted octanol–water partition coefficient (Wildman–Crippen LogP) is 2.61. The van der Waals surface area contributed by atoms with Gasteiger partial charge in [0.05, 0.1) is 0 Å². The topological polar surface area (TPSA) is 34.1 Å². The van der Waals surface area contributed by atoms with Gasteiger partial charge in [-0.05, 0) is 30.1 Å². The maximum absolute atomic E-state index is 12.2. The van der Waals surface area contributed by atoms with Gasteiger partial charge in [-0.2, -0.15) is 0 Å². The number of ketones is 2. The van der Waals surface area contributed by atoms with Crippen LogP contribution in [0.3, 0.4) is 0 Å². The van der Waals surface area contributed by atoms with Gasteiger partial charge >= 0.3 is 0 Å². The molecule has 0 aromatic heterocycles. The molecule has 3 rings (SSSR count). The molecule has 0 amide bonds. The van der Waals surface area contributed by atoms with Crippen LogP contribution in [-0.2, 0) is 9.59 Å². The molecule has 16 heavy (non-hydrogen) atoms. The van der Waals surface area contributed by atoms with Gasteiger partial charge in [-0.3, -0.25) is 9.59 Å². The lowest BCUT2D eigenvalue weighted by atomic mass is 9.59. The molecule has 0 N–H and O–H groups in total. The highest BCUT2D eigenvalue weighted by atomic mass is 16.1. The highest BCUT2D eigenvalue weighted by molar-refractivity contribution is 5.99. The molecule has 0 spiro atoms. The SMILES string of the molecule is CC12CCC3C(C1C(=O)CCC2=O)C3(C)C. The molecule has 2 heteroatoms. The zero-order chi connectivity index (χ0) is 11.7. The highest BCUT2D eigenvalue weighted by Crippen LogP contribution is 2.71. The van der Waals surface area contributed by atoms with Crippen molar-refractivity contribution in [1.82, 2.24) is 0 Å². The molecule has 0 saturated heterocycles. The monoisotopic (exact) mass is 220 g/mol. The molecule has 3 fully saturated rings. The van der Waals surface area contributed by atoms with E-state index in [9.17, 15) is 9.59 Å². The van der Waals surface area contributed by atoms with Gasteiger partial charge in [0.1, 0.15) is 11.6 Å². The number of carbonyl (C=O) groups is 2. The van der Waals surface area contributed by atoms with Crippen molar-refractivity contribution in [1.29, 1.82) is 0 Å². The summed E-state index contributed by atoms with van der Waals surface area (Å²) >= 11 is 0. The van der Waals surface area contributed by atoms with Crippen molar-refractivity contribution in [2.24, 2.45) is 28.6 Å². The zero-order valence-corrected chi connectivity index (χ0v) is 10.4. The maximum Gasteiger partial charge on any atom is 0.139 e. The zero-order valence-electron chi connectivity index (χ0n) is 10.4. The van der Waals surface area contributed by atoms with Crippen LogP contribution in [0.25, 0.3) is 0 Å². The van der Waals surface area contributed by atoms with Crippen LogP contribution < -0.4 is 0 Å². The van der Waals surface area contributed by atoms with Crippen LogP contribution in [0.15, 0.2) is 0 Å². The lowest BCUT2D eigenvalue weighted by Crippen LogP contribution is -2.47. The van der Waals surface area contributed by atoms with Crippen molar-refractivity contribution in [3.05, 3.63) is 0 Å². The Morgan fingerprint density at radius 3 is 2.50 bits per heavy atom. The minimum atomic E-state index is -0.315. The molecule has 4 atom stereocenters. The van der Waals surface area contributed by atoms with Gasteiger partial charge in [0.15, 0.2) is 0 Å². The highest BCUT2D eigenvalue weighted by Gasteiger charge is 2.69. The van der Waals surface area contributed by atoms with Crippen molar-refractivity contribution in [3.63, 3.8) is 0 Å². The molecule has 0 aromatic carbocycles. The molecule has 3 saturated carbocycles. The summed E-state index contributed by atoms with van der Waals surface area (Å²) < 4.78 is 0. The molecule has 0 aromatic rings. The molecule has 2 nitrogen and oxygen atoms in total. The number of fused-ring (bicyclic) bond motifs is 3. The molecule has 4 unspecified atom stereocenters. The second-order valence-corrected chi connectivity index (χ2v) is 6.78. The fourth-order valence-corrected chi connectivity index (χ4v) is 4.55. The Balaban J connectivity index is 2.01. The summed E-state index contributed by atoms with van der Waals surface area (Å²) in [6.07, 6.45) is 3.07. The largest absolute Gasteiger partial charge is 0.299 e. The molecule has 0 radical (unpaired) electrons. The summed E-state index contributed by atoms with van der Waals surface area (Å²) in [6.45, 7) is 6.57. The smallest absolute Gasteiger partial charge is 0.139 e. The van der Waals surface area contributed by atoms with Crippen LogP contribution >= 0.6 is 0 Å². The predicted molar refractivity (Wildman–Crippen MR) is 60.8 cm³/mol. The molecule has 0 aliphatic heterocycles. The normalized spacial score (nSPS) is 49.6. The maximum atomic E-state index is 12.2. The van der Waals surface area contributed by atoms with Crippen LogP contribution in [0.1, 0.15) is 46.5 Å².